The van der Waals surface area contributed by atoms with E-state index in [9.17, 15) is 10.2 Å². The number of β-amino-alcohol motifs (C(OH)–C–C–N with tert-alkyl or cyclic N) is 2. The van der Waals surface area contributed by atoms with Crippen molar-refractivity contribution in [2.45, 2.75) is 25.0 Å². The van der Waals surface area contributed by atoms with Gasteiger partial charge in [0.2, 0.25) is 0 Å². The monoisotopic (exact) mass is 213 g/mol. The maximum atomic E-state index is 9.92. The highest BCUT2D eigenvalue weighted by atomic mass is 16.3. The van der Waals surface area contributed by atoms with Crippen LogP contribution in [-0.2, 0) is 0 Å². The summed E-state index contributed by atoms with van der Waals surface area (Å²) in [7, 11) is 1.70. The van der Waals surface area contributed by atoms with E-state index in [2.05, 4.69) is 17.1 Å². The maximum absolute atomic E-state index is 9.92. The first-order valence-electron chi connectivity index (χ1n) is 5.01. The predicted molar refractivity (Wildman–Crippen MR) is 59.5 cm³/mol. The highest BCUT2D eigenvalue weighted by molar-refractivity contribution is 5.92. The Morgan fingerprint density at radius 2 is 2.40 bits per heavy atom. The highest BCUT2D eigenvalue weighted by Gasteiger charge is 2.34. The van der Waals surface area contributed by atoms with Crippen molar-refractivity contribution in [2.75, 3.05) is 20.1 Å². The third kappa shape index (κ3) is 3.21. The molecule has 0 spiro atoms. The summed E-state index contributed by atoms with van der Waals surface area (Å²) in [6.07, 6.45) is 1.47. The van der Waals surface area contributed by atoms with Crippen LogP contribution in [-0.4, -0.2) is 52.8 Å². The van der Waals surface area contributed by atoms with Crippen LogP contribution < -0.4 is 5.43 Å². The van der Waals surface area contributed by atoms with Gasteiger partial charge >= 0.3 is 0 Å². The molecule has 1 aliphatic rings. The van der Waals surface area contributed by atoms with Gasteiger partial charge in [-0.25, -0.2) is 0 Å². The molecule has 1 aliphatic heterocycles. The van der Waals surface area contributed by atoms with Gasteiger partial charge in [0.15, 0.2) is 0 Å². The van der Waals surface area contributed by atoms with E-state index in [1.54, 1.807) is 20.0 Å². The molecule has 1 heterocycles. The Kier molecular flexibility index (Phi) is 3.71. The smallest absolute Gasteiger partial charge is 0.147 e. The minimum absolute atomic E-state index is 0.396. The third-order valence-corrected chi connectivity index (χ3v) is 2.37. The number of nitrogens with zero attached hydrogens (tertiary/aromatic N) is 2. The summed E-state index contributed by atoms with van der Waals surface area (Å²) < 4.78 is 0. The Morgan fingerprint density at radius 1 is 1.73 bits per heavy atom. The van der Waals surface area contributed by atoms with Crippen molar-refractivity contribution < 1.29 is 10.2 Å². The van der Waals surface area contributed by atoms with Gasteiger partial charge in [-0.1, -0.05) is 6.58 Å². The number of hydrazone groups is 1. The molecule has 0 aromatic rings. The molecule has 3 N–H and O–H groups in total. The van der Waals surface area contributed by atoms with E-state index in [0.29, 0.717) is 25.3 Å². The van der Waals surface area contributed by atoms with E-state index in [0.717, 1.165) is 0 Å². The number of aliphatic hydroxyl groups is 2. The molecule has 5 heteroatoms. The van der Waals surface area contributed by atoms with Gasteiger partial charge in [-0.3, -0.25) is 0 Å². The fourth-order valence-electron chi connectivity index (χ4n) is 1.90. The minimum atomic E-state index is -0.880. The summed E-state index contributed by atoms with van der Waals surface area (Å²) in [6.45, 7) is 6.29. The quantitative estimate of drug-likeness (QED) is 0.329. The van der Waals surface area contributed by atoms with E-state index in [1.807, 2.05) is 4.90 Å². The molecule has 0 unspecified atom stereocenters. The number of likely N-dealkylation sites (tertiary alicyclic amines) is 1. The number of aliphatic hydroxyl groups excluding tert-OH is 1. The number of piperidine rings is 1. The first-order valence-corrected chi connectivity index (χ1v) is 5.01. The normalized spacial score (nSPS) is 32.7. The number of hydrogen-bond donors (Lipinski definition) is 3. The van der Waals surface area contributed by atoms with Gasteiger partial charge in [-0.05, 0) is 13.0 Å². The van der Waals surface area contributed by atoms with Crippen LogP contribution in [0.3, 0.4) is 0 Å². The molecular weight excluding hydrogens is 194 g/mol. The van der Waals surface area contributed by atoms with Gasteiger partial charge in [0.1, 0.15) is 5.84 Å². The van der Waals surface area contributed by atoms with Crippen molar-refractivity contribution >= 4 is 5.84 Å². The van der Waals surface area contributed by atoms with Gasteiger partial charge in [0, 0.05) is 26.6 Å². The molecule has 0 aromatic heterocycles. The van der Waals surface area contributed by atoms with Crippen molar-refractivity contribution in [1.82, 2.24) is 10.3 Å². The zero-order chi connectivity index (χ0) is 11.5. The van der Waals surface area contributed by atoms with Crippen molar-refractivity contribution in [3.63, 3.8) is 0 Å². The molecule has 0 radical (unpaired) electrons. The first-order chi connectivity index (χ1) is 6.98. The van der Waals surface area contributed by atoms with Crippen LogP contribution in [0.2, 0.25) is 0 Å². The minimum Gasteiger partial charge on any atom is -0.391 e. The second-order valence-corrected chi connectivity index (χ2v) is 4.13. The van der Waals surface area contributed by atoms with Crippen LogP contribution in [0.4, 0.5) is 0 Å². The van der Waals surface area contributed by atoms with Crippen LogP contribution >= 0.6 is 0 Å². The summed E-state index contributed by atoms with van der Waals surface area (Å²) in [5.41, 5.74) is 1.79. The fraction of sp³-hybridized carbons (Fsp3) is 0.700. The van der Waals surface area contributed by atoms with Crippen molar-refractivity contribution in [1.29, 1.82) is 0 Å². The summed E-state index contributed by atoms with van der Waals surface area (Å²) >= 11 is 0. The van der Waals surface area contributed by atoms with E-state index < -0.39 is 11.7 Å². The summed E-state index contributed by atoms with van der Waals surface area (Å²) in [5.74, 6) is 0.636. The van der Waals surface area contributed by atoms with Crippen molar-refractivity contribution in [3.05, 3.63) is 12.7 Å². The van der Waals surface area contributed by atoms with Crippen LogP contribution in [0.5, 0.6) is 0 Å². The molecular formula is C10H19N3O2. The van der Waals surface area contributed by atoms with Crippen molar-refractivity contribution in [3.8, 4) is 0 Å². The average Bonchev–Trinajstić information content (AvgIpc) is 2.10. The average molecular weight is 213 g/mol. The lowest BCUT2D eigenvalue weighted by atomic mass is 9.93. The van der Waals surface area contributed by atoms with Crippen LogP contribution in [0.15, 0.2) is 17.8 Å². The molecule has 2 atom stereocenters. The van der Waals surface area contributed by atoms with E-state index in [1.165, 1.54) is 0 Å². The zero-order valence-electron chi connectivity index (χ0n) is 9.27. The van der Waals surface area contributed by atoms with Gasteiger partial charge in [-0.2, -0.15) is 5.10 Å². The molecule has 0 bridgehead atoms. The Morgan fingerprint density at radius 3 is 2.87 bits per heavy atom. The SMILES string of the molecule is C=C/C(=N\NC)N1C[C@@H](O)C[C@@](C)(O)C1. The number of nitrogens with one attached hydrogen (secondary N) is 1. The van der Waals surface area contributed by atoms with Crippen LogP contribution in [0, 0.1) is 0 Å². The molecule has 5 nitrogen and oxygen atoms in total. The second kappa shape index (κ2) is 4.63. The van der Waals surface area contributed by atoms with Gasteiger partial charge in [0.25, 0.3) is 0 Å². The zero-order valence-corrected chi connectivity index (χ0v) is 9.27. The number of rotatable bonds is 2. The Labute approximate surface area is 90.1 Å². The van der Waals surface area contributed by atoms with Crippen LogP contribution in [0.1, 0.15) is 13.3 Å². The van der Waals surface area contributed by atoms with Crippen molar-refractivity contribution in [2.24, 2.45) is 5.10 Å². The van der Waals surface area contributed by atoms with E-state index in [4.69, 9.17) is 0 Å². The molecule has 15 heavy (non-hydrogen) atoms. The molecule has 0 amide bonds. The molecule has 1 rings (SSSR count). The number of amidine groups is 1. The van der Waals surface area contributed by atoms with Gasteiger partial charge in [-0.15, -0.1) is 0 Å². The third-order valence-electron chi connectivity index (χ3n) is 2.37. The Balaban J connectivity index is 2.77. The standard InChI is InChI=1S/C10H19N3O2/c1-4-9(12-11-3)13-6-8(14)5-10(2,15)7-13/h4,8,11,14-15H,1,5-7H2,2-3H3/b12-9+/t8-,10+/m0/s1. The molecule has 0 saturated carbocycles. The molecule has 1 fully saturated rings. The first kappa shape index (κ1) is 12.0. The Hall–Kier alpha value is -1.07. The highest BCUT2D eigenvalue weighted by Crippen LogP contribution is 2.21. The van der Waals surface area contributed by atoms with Gasteiger partial charge < -0.3 is 20.5 Å². The summed E-state index contributed by atoms with van der Waals surface area (Å²) in [6, 6.07) is 0. The number of hydrogen-bond acceptors (Lipinski definition) is 4. The topological polar surface area (TPSA) is 68.1 Å². The lowest BCUT2D eigenvalue weighted by Gasteiger charge is -2.40. The fourth-order valence-corrected chi connectivity index (χ4v) is 1.90. The molecule has 86 valence electrons. The largest absolute Gasteiger partial charge is 0.391 e. The van der Waals surface area contributed by atoms with E-state index >= 15 is 0 Å². The maximum Gasteiger partial charge on any atom is 0.147 e. The summed E-state index contributed by atoms with van der Waals surface area (Å²) in [5, 5.41) is 23.6. The molecule has 1 saturated heterocycles. The second-order valence-electron chi connectivity index (χ2n) is 4.13. The van der Waals surface area contributed by atoms with Crippen LogP contribution in [0.25, 0.3) is 0 Å². The van der Waals surface area contributed by atoms with Gasteiger partial charge in [0.05, 0.1) is 11.7 Å². The Bertz CT molecular complexity index is 263. The van der Waals surface area contributed by atoms with E-state index in [-0.39, 0.29) is 0 Å². The molecule has 0 aliphatic carbocycles. The molecule has 0 aromatic carbocycles. The summed E-state index contributed by atoms with van der Waals surface area (Å²) in [4.78, 5) is 1.82. The predicted octanol–water partition coefficient (Wildman–Crippen LogP) is -0.477. The lowest BCUT2D eigenvalue weighted by molar-refractivity contribution is -0.0489. The lowest BCUT2D eigenvalue weighted by Crippen LogP contribution is -2.53.